The maximum atomic E-state index is 13.5. The van der Waals surface area contributed by atoms with E-state index in [9.17, 15) is 14.7 Å². The summed E-state index contributed by atoms with van der Waals surface area (Å²) in [4.78, 5) is 32.8. The highest BCUT2D eigenvalue weighted by molar-refractivity contribution is 7.15. The molecule has 10 nitrogen and oxygen atoms in total. The van der Waals surface area contributed by atoms with Crippen LogP contribution in [0.3, 0.4) is 0 Å². The molecule has 5 rings (SSSR count). The van der Waals surface area contributed by atoms with Gasteiger partial charge in [-0.3, -0.25) is 18.9 Å². The van der Waals surface area contributed by atoms with Crippen LogP contribution in [0.15, 0.2) is 48.2 Å². The van der Waals surface area contributed by atoms with Crippen LogP contribution in [0, 0.1) is 13.8 Å². The number of hydrogen-bond donors (Lipinski definition) is 1. The lowest BCUT2D eigenvalue weighted by molar-refractivity contribution is -0.132. The standard InChI is InChI=1S/C27H27N5O5S/c1-5-13-37-18-11-10-17(14-19(18)36-6-2)23-21(25(34)26(35)32(23)27-30-29-16(4)38-27)24(33)22-15(3)28-20-9-7-8-12-31(20)22/h7-12,14,23,33H,5-6,13H2,1-4H3/b24-21+. The Bertz CT molecular complexity index is 1570. The molecule has 1 fully saturated rings. The van der Waals surface area contributed by atoms with Crippen LogP contribution in [-0.4, -0.2) is 49.6 Å². The first kappa shape index (κ1) is 25.4. The van der Waals surface area contributed by atoms with E-state index < -0.39 is 17.7 Å². The third kappa shape index (κ3) is 4.28. The summed E-state index contributed by atoms with van der Waals surface area (Å²) >= 11 is 1.19. The second-order valence-electron chi connectivity index (χ2n) is 8.74. The molecule has 196 valence electrons. The molecule has 1 amide bonds. The zero-order valence-electron chi connectivity index (χ0n) is 21.5. The SMILES string of the molecule is CCCOc1ccc(C2/C(=C(\O)c3c(C)nc4ccccn34)C(=O)C(=O)N2c2nnc(C)s2)cc1OCC. The number of hydrogen-bond acceptors (Lipinski definition) is 9. The number of nitrogens with zero attached hydrogens (tertiary/aromatic N) is 5. The van der Waals surface area contributed by atoms with Gasteiger partial charge in [0.15, 0.2) is 17.3 Å². The van der Waals surface area contributed by atoms with Gasteiger partial charge in [0, 0.05) is 6.20 Å². The lowest BCUT2D eigenvalue weighted by atomic mass is 9.96. The number of fused-ring (bicyclic) bond motifs is 1. The van der Waals surface area contributed by atoms with Gasteiger partial charge in [-0.2, -0.15) is 0 Å². The molecule has 1 saturated heterocycles. The van der Waals surface area contributed by atoms with Gasteiger partial charge >= 0.3 is 5.91 Å². The van der Waals surface area contributed by atoms with Crippen molar-refractivity contribution < 1.29 is 24.2 Å². The highest BCUT2D eigenvalue weighted by Crippen LogP contribution is 2.45. The number of carbonyl (C=O) groups excluding carboxylic acids is 2. The number of Topliss-reactive ketones (excluding diaryl/α,β-unsaturated/α-hetero) is 1. The molecular weight excluding hydrogens is 506 g/mol. The first-order chi connectivity index (χ1) is 18.3. The minimum absolute atomic E-state index is 0.0683. The maximum absolute atomic E-state index is 13.5. The van der Waals surface area contributed by atoms with Gasteiger partial charge in [0.2, 0.25) is 5.13 Å². The van der Waals surface area contributed by atoms with Crippen LogP contribution < -0.4 is 14.4 Å². The molecule has 1 aliphatic heterocycles. The summed E-state index contributed by atoms with van der Waals surface area (Å²) in [6.45, 7) is 8.28. The molecule has 1 atom stereocenters. The van der Waals surface area contributed by atoms with E-state index in [0.29, 0.717) is 52.3 Å². The average Bonchev–Trinajstić information content (AvgIpc) is 3.56. The van der Waals surface area contributed by atoms with E-state index in [1.54, 1.807) is 54.8 Å². The fourth-order valence-electron chi connectivity index (χ4n) is 4.55. The average molecular weight is 534 g/mol. The molecule has 1 aliphatic rings. The fourth-order valence-corrected chi connectivity index (χ4v) is 5.26. The van der Waals surface area contributed by atoms with Crippen molar-refractivity contribution in [1.29, 1.82) is 0 Å². The smallest absolute Gasteiger partial charge is 0.301 e. The topological polar surface area (TPSA) is 119 Å². The zero-order chi connectivity index (χ0) is 27.0. The number of aliphatic hydroxyl groups is 1. The Balaban J connectivity index is 1.74. The number of anilines is 1. The van der Waals surface area contributed by atoms with Crippen LogP contribution in [0.2, 0.25) is 0 Å². The number of amides is 1. The van der Waals surface area contributed by atoms with Crippen LogP contribution in [0.4, 0.5) is 5.13 Å². The van der Waals surface area contributed by atoms with E-state index in [2.05, 4.69) is 15.2 Å². The molecule has 1 N–H and O–H groups in total. The predicted molar refractivity (Wildman–Crippen MR) is 143 cm³/mol. The van der Waals surface area contributed by atoms with E-state index >= 15 is 0 Å². The third-order valence-electron chi connectivity index (χ3n) is 6.14. The molecule has 1 unspecified atom stereocenters. The zero-order valence-corrected chi connectivity index (χ0v) is 22.3. The number of rotatable bonds is 8. The van der Waals surface area contributed by atoms with Crippen LogP contribution in [0.5, 0.6) is 11.5 Å². The second-order valence-corrected chi connectivity index (χ2v) is 9.90. The van der Waals surface area contributed by atoms with E-state index in [0.717, 1.165) is 6.42 Å². The van der Waals surface area contributed by atoms with E-state index in [1.165, 1.54) is 16.2 Å². The first-order valence-electron chi connectivity index (χ1n) is 12.3. The second kappa shape index (κ2) is 10.3. The molecule has 0 aliphatic carbocycles. The Morgan fingerprint density at radius 1 is 1.08 bits per heavy atom. The van der Waals surface area contributed by atoms with Crippen molar-refractivity contribution in [3.63, 3.8) is 0 Å². The summed E-state index contributed by atoms with van der Waals surface area (Å²) < 4.78 is 13.4. The molecular formula is C27H27N5O5S. The van der Waals surface area contributed by atoms with Crippen LogP contribution in [0.25, 0.3) is 11.4 Å². The molecule has 38 heavy (non-hydrogen) atoms. The van der Waals surface area contributed by atoms with Gasteiger partial charge in [-0.25, -0.2) is 4.98 Å². The summed E-state index contributed by atoms with van der Waals surface area (Å²) in [5, 5.41) is 20.7. The summed E-state index contributed by atoms with van der Waals surface area (Å²) in [5.74, 6) is -0.918. The van der Waals surface area contributed by atoms with Crippen molar-refractivity contribution >= 4 is 39.6 Å². The van der Waals surface area contributed by atoms with Crippen molar-refractivity contribution in [1.82, 2.24) is 19.6 Å². The number of carbonyl (C=O) groups is 2. The van der Waals surface area contributed by atoms with Crippen molar-refractivity contribution in [2.24, 2.45) is 0 Å². The first-order valence-corrected chi connectivity index (χ1v) is 13.1. The van der Waals surface area contributed by atoms with E-state index in [-0.39, 0.29) is 16.5 Å². The summed E-state index contributed by atoms with van der Waals surface area (Å²) in [6, 6.07) is 9.71. The maximum Gasteiger partial charge on any atom is 0.301 e. The molecule has 3 aromatic heterocycles. The van der Waals surface area contributed by atoms with Gasteiger partial charge < -0.3 is 14.6 Å². The number of ether oxygens (including phenoxy) is 2. The molecule has 0 saturated carbocycles. The molecule has 1 aromatic carbocycles. The minimum Gasteiger partial charge on any atom is -0.505 e. The number of aryl methyl sites for hydroxylation is 2. The largest absolute Gasteiger partial charge is 0.505 e. The van der Waals surface area contributed by atoms with Crippen LogP contribution in [0.1, 0.15) is 48.3 Å². The van der Waals surface area contributed by atoms with Gasteiger partial charge in [0.25, 0.3) is 5.78 Å². The summed E-state index contributed by atoms with van der Waals surface area (Å²) in [6.07, 6.45) is 2.57. The van der Waals surface area contributed by atoms with Crippen molar-refractivity contribution in [2.45, 2.75) is 40.2 Å². The molecule has 0 radical (unpaired) electrons. The highest BCUT2D eigenvalue weighted by Gasteiger charge is 2.49. The number of imidazole rings is 1. The fraction of sp³-hybridized carbons (Fsp3) is 0.296. The van der Waals surface area contributed by atoms with Gasteiger partial charge in [0.05, 0.1) is 30.5 Å². The Hall–Kier alpha value is -4.25. The Morgan fingerprint density at radius 3 is 2.61 bits per heavy atom. The quantitative estimate of drug-likeness (QED) is 0.198. The normalized spacial score (nSPS) is 16.9. The molecule has 11 heteroatoms. The van der Waals surface area contributed by atoms with Crippen molar-refractivity contribution in [3.05, 3.63) is 70.1 Å². The Morgan fingerprint density at radius 2 is 1.89 bits per heavy atom. The van der Waals surface area contributed by atoms with Crippen LogP contribution in [-0.2, 0) is 9.59 Å². The lowest BCUT2D eigenvalue weighted by Crippen LogP contribution is -2.29. The molecule has 4 aromatic rings. The monoisotopic (exact) mass is 533 g/mol. The molecule has 0 bridgehead atoms. The van der Waals surface area contributed by atoms with Crippen molar-refractivity contribution in [3.8, 4) is 11.5 Å². The predicted octanol–water partition coefficient (Wildman–Crippen LogP) is 4.62. The number of aliphatic hydroxyl groups excluding tert-OH is 1. The van der Waals surface area contributed by atoms with Gasteiger partial charge in [-0.1, -0.05) is 30.4 Å². The third-order valence-corrected chi connectivity index (χ3v) is 6.98. The lowest BCUT2D eigenvalue weighted by Gasteiger charge is -2.23. The van der Waals surface area contributed by atoms with Gasteiger partial charge in [-0.05, 0) is 57.0 Å². The molecule has 4 heterocycles. The summed E-state index contributed by atoms with van der Waals surface area (Å²) in [5.41, 5.74) is 1.94. The van der Waals surface area contributed by atoms with Gasteiger partial charge in [0.1, 0.15) is 16.3 Å². The number of aromatic nitrogens is 4. The molecule has 0 spiro atoms. The minimum atomic E-state index is -0.976. The van der Waals surface area contributed by atoms with Crippen LogP contribution >= 0.6 is 11.3 Å². The number of pyridine rings is 1. The van der Waals surface area contributed by atoms with E-state index in [1.807, 2.05) is 19.9 Å². The van der Waals surface area contributed by atoms with Gasteiger partial charge in [-0.15, -0.1) is 10.2 Å². The highest BCUT2D eigenvalue weighted by atomic mass is 32.1. The number of ketones is 1. The number of benzene rings is 1. The Labute approximate surface area is 223 Å². The van der Waals surface area contributed by atoms with E-state index in [4.69, 9.17) is 9.47 Å². The summed E-state index contributed by atoms with van der Waals surface area (Å²) in [7, 11) is 0. The Kier molecular flexibility index (Phi) is 6.85. The van der Waals surface area contributed by atoms with Crippen molar-refractivity contribution in [2.75, 3.05) is 18.1 Å².